The Morgan fingerprint density at radius 2 is 2.00 bits per heavy atom. The molecule has 5 heteroatoms. The van der Waals surface area contributed by atoms with Crippen LogP contribution in [0.1, 0.15) is 11.1 Å². The van der Waals surface area contributed by atoms with Gasteiger partial charge in [0.1, 0.15) is 5.82 Å². The van der Waals surface area contributed by atoms with Crippen LogP contribution >= 0.6 is 0 Å². The van der Waals surface area contributed by atoms with Gasteiger partial charge in [-0.05, 0) is 6.07 Å². The van der Waals surface area contributed by atoms with Gasteiger partial charge in [0.25, 0.3) is 5.56 Å². The van der Waals surface area contributed by atoms with Gasteiger partial charge in [0.2, 0.25) is 0 Å². The Labute approximate surface area is 97.5 Å². The molecule has 0 saturated carbocycles. The maximum absolute atomic E-state index is 13.9. The molecule has 0 aliphatic heterocycles. The van der Waals surface area contributed by atoms with E-state index in [9.17, 15) is 9.18 Å². The summed E-state index contributed by atoms with van der Waals surface area (Å²) in [5.74, 6) is -0.368. The molecule has 0 aliphatic carbocycles. The fraction of sp³-hybridized carbons (Fsp3) is 0.167. The highest BCUT2D eigenvalue weighted by molar-refractivity contribution is 5.26. The van der Waals surface area contributed by atoms with Crippen molar-refractivity contribution in [2.75, 3.05) is 0 Å². The van der Waals surface area contributed by atoms with Crippen molar-refractivity contribution >= 4 is 0 Å². The molecule has 2 rings (SSSR count). The standard InChI is InChI=1S/C12H12FN3O/c13-12-9(7-14)3-1-4-10(12)8-16-11(17)5-2-6-15-16/h1-6H,7-8,14H2. The molecule has 88 valence electrons. The van der Waals surface area contributed by atoms with E-state index in [2.05, 4.69) is 5.10 Å². The van der Waals surface area contributed by atoms with Gasteiger partial charge in [-0.1, -0.05) is 18.2 Å². The summed E-state index contributed by atoms with van der Waals surface area (Å²) in [6.45, 7) is 0.246. The molecule has 1 heterocycles. The predicted octanol–water partition coefficient (Wildman–Crippen LogP) is 0.889. The minimum Gasteiger partial charge on any atom is -0.326 e. The van der Waals surface area contributed by atoms with Gasteiger partial charge in [0, 0.05) is 29.9 Å². The number of aromatic nitrogens is 2. The first-order chi connectivity index (χ1) is 8.22. The van der Waals surface area contributed by atoms with Gasteiger partial charge < -0.3 is 5.73 Å². The maximum Gasteiger partial charge on any atom is 0.267 e. The molecule has 0 spiro atoms. The molecule has 0 amide bonds. The maximum atomic E-state index is 13.9. The number of hydrogen-bond donors (Lipinski definition) is 1. The first-order valence-corrected chi connectivity index (χ1v) is 5.21. The van der Waals surface area contributed by atoms with Crippen LogP contribution < -0.4 is 11.3 Å². The average Bonchev–Trinajstić information content (AvgIpc) is 2.34. The molecule has 0 unspecified atom stereocenters. The van der Waals surface area contributed by atoms with E-state index < -0.39 is 0 Å². The van der Waals surface area contributed by atoms with Crippen LogP contribution in [0.4, 0.5) is 4.39 Å². The van der Waals surface area contributed by atoms with Gasteiger partial charge >= 0.3 is 0 Å². The predicted molar refractivity (Wildman–Crippen MR) is 61.9 cm³/mol. The zero-order valence-electron chi connectivity index (χ0n) is 9.14. The van der Waals surface area contributed by atoms with Crippen LogP contribution in [-0.4, -0.2) is 9.78 Å². The summed E-state index contributed by atoms with van der Waals surface area (Å²) in [5.41, 5.74) is 6.01. The molecule has 0 atom stereocenters. The molecule has 0 radical (unpaired) electrons. The lowest BCUT2D eigenvalue weighted by atomic mass is 10.1. The summed E-state index contributed by atoms with van der Waals surface area (Å²) >= 11 is 0. The third kappa shape index (κ3) is 2.39. The zero-order chi connectivity index (χ0) is 12.3. The second-order valence-corrected chi connectivity index (χ2v) is 3.61. The molecule has 17 heavy (non-hydrogen) atoms. The highest BCUT2D eigenvalue weighted by Crippen LogP contribution is 2.12. The zero-order valence-corrected chi connectivity index (χ0v) is 9.14. The van der Waals surface area contributed by atoms with Gasteiger partial charge in [0.05, 0.1) is 6.54 Å². The van der Waals surface area contributed by atoms with E-state index in [1.165, 1.54) is 16.9 Å². The molecule has 0 aliphatic rings. The Morgan fingerprint density at radius 1 is 1.24 bits per heavy atom. The number of halogens is 1. The van der Waals surface area contributed by atoms with Crippen LogP contribution in [0.3, 0.4) is 0 Å². The van der Waals surface area contributed by atoms with Gasteiger partial charge in [-0.3, -0.25) is 4.79 Å². The van der Waals surface area contributed by atoms with Crippen LogP contribution in [0.15, 0.2) is 41.3 Å². The molecule has 2 N–H and O–H groups in total. The average molecular weight is 233 g/mol. The van der Waals surface area contributed by atoms with E-state index in [-0.39, 0.29) is 24.5 Å². The van der Waals surface area contributed by atoms with Crippen molar-refractivity contribution in [1.29, 1.82) is 0 Å². The summed E-state index contributed by atoms with van der Waals surface area (Å²) in [6.07, 6.45) is 1.49. The van der Waals surface area contributed by atoms with E-state index >= 15 is 0 Å². The summed E-state index contributed by atoms with van der Waals surface area (Å²) < 4.78 is 15.1. The number of benzene rings is 1. The van der Waals surface area contributed by atoms with E-state index in [1.807, 2.05) is 0 Å². The second kappa shape index (κ2) is 4.88. The third-order valence-electron chi connectivity index (χ3n) is 2.48. The molecule has 0 bridgehead atoms. The second-order valence-electron chi connectivity index (χ2n) is 3.61. The van der Waals surface area contributed by atoms with E-state index in [0.29, 0.717) is 11.1 Å². The fourth-order valence-electron chi connectivity index (χ4n) is 1.58. The van der Waals surface area contributed by atoms with Crippen molar-refractivity contribution in [2.24, 2.45) is 5.73 Å². The first kappa shape index (κ1) is 11.5. The Kier molecular flexibility index (Phi) is 3.30. The number of rotatable bonds is 3. The lowest BCUT2D eigenvalue weighted by molar-refractivity contribution is 0.561. The largest absolute Gasteiger partial charge is 0.326 e. The number of nitrogens with zero attached hydrogens (tertiary/aromatic N) is 2. The Balaban J connectivity index is 2.37. The van der Waals surface area contributed by atoms with Crippen molar-refractivity contribution < 1.29 is 4.39 Å². The summed E-state index contributed by atoms with van der Waals surface area (Å²) in [7, 11) is 0. The first-order valence-electron chi connectivity index (χ1n) is 5.21. The SMILES string of the molecule is NCc1cccc(Cn2ncccc2=O)c1F. The summed E-state index contributed by atoms with van der Waals surface area (Å²) in [4.78, 5) is 11.4. The minimum absolute atomic E-state index is 0.110. The molecular formula is C12H12FN3O. The van der Waals surface area contributed by atoms with Crippen LogP contribution in [-0.2, 0) is 13.1 Å². The molecule has 2 aromatic rings. The number of hydrogen-bond acceptors (Lipinski definition) is 3. The van der Waals surface area contributed by atoms with Crippen molar-refractivity contribution in [3.05, 3.63) is 63.8 Å². The Bertz CT molecular complexity index is 580. The molecule has 0 fully saturated rings. The van der Waals surface area contributed by atoms with Crippen LogP contribution in [0, 0.1) is 5.82 Å². The van der Waals surface area contributed by atoms with Crippen molar-refractivity contribution in [2.45, 2.75) is 13.1 Å². The van der Waals surface area contributed by atoms with Crippen LogP contribution in [0.2, 0.25) is 0 Å². The molecule has 4 nitrogen and oxygen atoms in total. The highest BCUT2D eigenvalue weighted by Gasteiger charge is 2.08. The highest BCUT2D eigenvalue weighted by atomic mass is 19.1. The van der Waals surface area contributed by atoms with E-state index in [4.69, 9.17) is 5.73 Å². The smallest absolute Gasteiger partial charge is 0.267 e. The van der Waals surface area contributed by atoms with Gasteiger partial charge in [0.15, 0.2) is 0 Å². The van der Waals surface area contributed by atoms with Crippen molar-refractivity contribution in [3.63, 3.8) is 0 Å². The Hall–Kier alpha value is -2.01. The Morgan fingerprint density at radius 3 is 2.71 bits per heavy atom. The van der Waals surface area contributed by atoms with E-state index in [0.717, 1.165) is 0 Å². The van der Waals surface area contributed by atoms with Crippen LogP contribution in [0.5, 0.6) is 0 Å². The molecule has 1 aromatic heterocycles. The van der Waals surface area contributed by atoms with Gasteiger partial charge in [-0.25, -0.2) is 9.07 Å². The van der Waals surface area contributed by atoms with Crippen LogP contribution in [0.25, 0.3) is 0 Å². The van der Waals surface area contributed by atoms with Crippen molar-refractivity contribution in [3.8, 4) is 0 Å². The summed E-state index contributed by atoms with van der Waals surface area (Å²) in [6, 6.07) is 7.90. The monoisotopic (exact) mass is 233 g/mol. The van der Waals surface area contributed by atoms with Gasteiger partial charge in [-0.2, -0.15) is 5.10 Å². The number of nitrogens with two attached hydrogens (primary N) is 1. The topological polar surface area (TPSA) is 60.9 Å². The lowest BCUT2D eigenvalue weighted by Crippen LogP contribution is -2.22. The van der Waals surface area contributed by atoms with Crippen molar-refractivity contribution in [1.82, 2.24) is 9.78 Å². The lowest BCUT2D eigenvalue weighted by Gasteiger charge is -2.07. The molecular weight excluding hydrogens is 221 g/mol. The molecule has 1 aromatic carbocycles. The fourth-order valence-corrected chi connectivity index (χ4v) is 1.58. The third-order valence-corrected chi connectivity index (χ3v) is 2.48. The quantitative estimate of drug-likeness (QED) is 0.856. The van der Waals surface area contributed by atoms with E-state index in [1.54, 1.807) is 24.3 Å². The summed E-state index contributed by atoms with van der Waals surface area (Å²) in [5, 5.41) is 3.88. The normalized spacial score (nSPS) is 10.5. The molecule has 0 saturated heterocycles. The minimum atomic E-state index is -0.368. The van der Waals surface area contributed by atoms with Gasteiger partial charge in [-0.15, -0.1) is 0 Å².